The van der Waals surface area contributed by atoms with Gasteiger partial charge in [-0.05, 0) is 99.1 Å². The Morgan fingerprint density at radius 1 is 0.262 bits per heavy atom. The molecule has 372 valence electrons. The van der Waals surface area contributed by atoms with Gasteiger partial charge < -0.3 is 18.1 Å². The van der Waals surface area contributed by atoms with Crippen LogP contribution in [-0.2, 0) is 0 Å². The molecule has 0 bridgehead atoms. The molecule has 0 aliphatic heterocycles. The van der Waals surface area contributed by atoms with Crippen molar-refractivity contribution in [3.63, 3.8) is 0 Å². The van der Waals surface area contributed by atoms with Gasteiger partial charge in [0.05, 0.1) is 32.6 Å². The van der Waals surface area contributed by atoms with Crippen LogP contribution in [-0.4, -0.2) is 53.3 Å². The molecule has 0 radical (unpaired) electrons. The van der Waals surface area contributed by atoms with Gasteiger partial charge in [-0.1, -0.05) is 217 Å². The quantitative estimate of drug-likeness (QED) is 0.128. The van der Waals surface area contributed by atoms with Crippen LogP contribution in [0.25, 0.3) is 43.8 Å². The van der Waals surface area contributed by atoms with Crippen LogP contribution in [0.4, 0.5) is 0 Å². The third kappa shape index (κ3) is 25.5. The Labute approximate surface area is 410 Å². The number of benzene rings is 6. The van der Waals surface area contributed by atoms with Gasteiger partial charge >= 0.3 is 0 Å². The van der Waals surface area contributed by atoms with E-state index in [1.54, 1.807) is 0 Å². The Morgan fingerprint density at radius 3 is 0.769 bits per heavy atom. The van der Waals surface area contributed by atoms with E-state index in [1.807, 2.05) is 119 Å². The zero-order valence-corrected chi connectivity index (χ0v) is 44.5. The standard InChI is InChI=1S/C24H24O2P2.C16H20O2P2.6C2H6.5CH4/c1-27(2)25-21-15-13-17-9-5-7-11-19(17)23(21)24-20-12-8-6-10-18(20)14-16-22(24)26-28(3)4;1-19(2)17-15-11-7-5-9-13(15)14-10-6-8-12-16(14)18-20(3)4;6*1-2;;;;;/h5-16H,1-4H3;5-12H,1-4H3;6*1-2H3;5*1H4. The lowest BCUT2D eigenvalue weighted by atomic mass is 9.92. The molecule has 0 aliphatic carbocycles. The van der Waals surface area contributed by atoms with E-state index in [9.17, 15) is 0 Å². The second-order valence-corrected chi connectivity index (χ2v) is 19.2. The fourth-order valence-corrected chi connectivity index (χ4v) is 7.69. The number of rotatable bonds is 10. The summed E-state index contributed by atoms with van der Waals surface area (Å²) in [5, 5.41) is 4.79. The predicted octanol–water partition coefficient (Wildman–Crippen LogP) is 22.5. The fraction of sp³-hybridized carbons (Fsp3) is 0.439. The lowest BCUT2D eigenvalue weighted by Gasteiger charge is -2.21. The monoisotopic (exact) mass is 973 g/mol. The first-order valence-corrected chi connectivity index (χ1v) is 30.4. The van der Waals surface area contributed by atoms with E-state index in [2.05, 4.69) is 138 Å². The summed E-state index contributed by atoms with van der Waals surface area (Å²) >= 11 is 0. The van der Waals surface area contributed by atoms with Gasteiger partial charge in [-0.3, -0.25) is 0 Å². The average molecular weight is 973 g/mol. The predicted molar refractivity (Wildman–Crippen MR) is 318 cm³/mol. The van der Waals surface area contributed by atoms with Crippen molar-refractivity contribution >= 4 is 54.1 Å². The molecule has 6 rings (SSSR count). The minimum absolute atomic E-state index is 0. The summed E-state index contributed by atoms with van der Waals surface area (Å²) in [6.07, 6.45) is 0. The molecule has 8 heteroatoms. The summed E-state index contributed by atoms with van der Waals surface area (Å²) in [6.45, 7) is 40.9. The van der Waals surface area contributed by atoms with Crippen molar-refractivity contribution in [1.82, 2.24) is 0 Å². The van der Waals surface area contributed by atoms with E-state index >= 15 is 0 Å². The van der Waals surface area contributed by atoms with Gasteiger partial charge in [0.15, 0.2) is 0 Å². The van der Waals surface area contributed by atoms with Gasteiger partial charge in [-0.15, -0.1) is 0 Å². The van der Waals surface area contributed by atoms with Gasteiger partial charge in [0.1, 0.15) is 23.0 Å². The van der Waals surface area contributed by atoms with Crippen LogP contribution in [0, 0.1) is 0 Å². The first-order chi connectivity index (χ1) is 29.1. The van der Waals surface area contributed by atoms with Crippen LogP contribution in [0.1, 0.15) is 120 Å². The molecular weight excluding hydrogens is 873 g/mol. The summed E-state index contributed by atoms with van der Waals surface area (Å²) in [6, 6.07) is 41.8. The van der Waals surface area contributed by atoms with Crippen LogP contribution in [0.5, 0.6) is 23.0 Å². The molecule has 0 saturated carbocycles. The molecule has 6 aromatic rings. The number of hydrogen-bond donors (Lipinski definition) is 0. The molecule has 0 amide bonds. The molecule has 0 fully saturated rings. The molecular formula is C57H100O4P4. The SMILES string of the molecule is C.C.C.C.C.CC.CC.CC.CC.CC.CC.CP(C)Oc1ccc2ccccc2c1-c1c(OP(C)C)ccc2ccccc12.CP(C)Oc1ccccc1-c1ccccc1OP(C)C. The highest BCUT2D eigenvalue weighted by Crippen LogP contribution is 2.50. The van der Waals surface area contributed by atoms with Crippen LogP contribution in [0.2, 0.25) is 0 Å². The highest BCUT2D eigenvalue weighted by molar-refractivity contribution is 7.52. The zero-order chi connectivity index (χ0) is 46.2. The topological polar surface area (TPSA) is 36.9 Å². The summed E-state index contributed by atoms with van der Waals surface area (Å²) in [5.74, 6) is 3.70. The Balaban J connectivity index is -0.000000162. The summed E-state index contributed by atoms with van der Waals surface area (Å²) in [5.41, 5.74) is 4.43. The van der Waals surface area contributed by atoms with Crippen molar-refractivity contribution in [2.24, 2.45) is 0 Å². The van der Waals surface area contributed by atoms with Crippen molar-refractivity contribution < 1.29 is 18.1 Å². The normalized spacial score (nSPS) is 8.86. The zero-order valence-electron chi connectivity index (χ0n) is 41.0. The van der Waals surface area contributed by atoms with Crippen molar-refractivity contribution in [2.75, 3.05) is 53.3 Å². The molecule has 0 atom stereocenters. The first-order valence-electron chi connectivity index (χ1n) is 21.8. The number of para-hydroxylation sites is 2. The Hall–Kier alpha value is -3.24. The lowest BCUT2D eigenvalue weighted by molar-refractivity contribution is 0.616. The molecule has 4 nitrogen and oxygen atoms in total. The third-order valence-corrected chi connectivity index (χ3v) is 9.47. The average Bonchev–Trinajstić information content (AvgIpc) is 3.28. The van der Waals surface area contributed by atoms with E-state index in [0.29, 0.717) is 0 Å². The highest BCUT2D eigenvalue weighted by Gasteiger charge is 2.20. The molecule has 6 aromatic carbocycles. The third-order valence-electron chi connectivity index (χ3n) is 7.22. The minimum Gasteiger partial charge on any atom is -0.474 e. The minimum atomic E-state index is -0.545. The van der Waals surface area contributed by atoms with E-state index < -0.39 is 32.6 Å². The first kappa shape index (κ1) is 76.0. The van der Waals surface area contributed by atoms with Gasteiger partial charge in [0.25, 0.3) is 0 Å². The van der Waals surface area contributed by atoms with Crippen LogP contribution < -0.4 is 18.1 Å². The van der Waals surface area contributed by atoms with Crippen molar-refractivity contribution in [3.8, 4) is 45.3 Å². The second kappa shape index (κ2) is 45.9. The second-order valence-electron chi connectivity index (χ2n) is 11.9. The van der Waals surface area contributed by atoms with Gasteiger partial charge in [0.2, 0.25) is 0 Å². The molecule has 0 N–H and O–H groups in total. The Kier molecular flexibility index (Phi) is 53.7. The van der Waals surface area contributed by atoms with Crippen LogP contribution in [0.15, 0.2) is 121 Å². The highest BCUT2D eigenvalue weighted by atomic mass is 31.1. The van der Waals surface area contributed by atoms with Crippen molar-refractivity contribution in [1.29, 1.82) is 0 Å². The van der Waals surface area contributed by atoms with Crippen molar-refractivity contribution in [3.05, 3.63) is 121 Å². The fourth-order valence-electron chi connectivity index (χ4n) is 5.50. The van der Waals surface area contributed by atoms with Gasteiger partial charge in [-0.2, -0.15) is 0 Å². The van der Waals surface area contributed by atoms with Crippen molar-refractivity contribution in [2.45, 2.75) is 120 Å². The van der Waals surface area contributed by atoms with E-state index in [-0.39, 0.29) is 37.1 Å². The maximum atomic E-state index is 6.33. The van der Waals surface area contributed by atoms with Gasteiger partial charge in [0, 0.05) is 22.3 Å². The Bertz CT molecular complexity index is 1830. The van der Waals surface area contributed by atoms with Crippen LogP contribution >= 0.6 is 32.6 Å². The molecule has 0 heterocycles. The number of fused-ring (bicyclic) bond motifs is 2. The molecule has 0 spiro atoms. The maximum Gasteiger partial charge on any atom is 0.131 e. The molecule has 65 heavy (non-hydrogen) atoms. The number of hydrogen-bond acceptors (Lipinski definition) is 4. The van der Waals surface area contributed by atoms with E-state index in [0.717, 1.165) is 45.3 Å². The molecule has 0 aliphatic rings. The smallest absolute Gasteiger partial charge is 0.131 e. The Morgan fingerprint density at radius 2 is 0.492 bits per heavy atom. The molecule has 0 unspecified atom stereocenters. The van der Waals surface area contributed by atoms with Crippen LogP contribution in [0.3, 0.4) is 0 Å². The summed E-state index contributed by atoms with van der Waals surface area (Å²) < 4.78 is 24.6. The van der Waals surface area contributed by atoms with E-state index in [1.165, 1.54) is 21.5 Å². The van der Waals surface area contributed by atoms with E-state index in [4.69, 9.17) is 18.1 Å². The molecule has 0 saturated heterocycles. The largest absolute Gasteiger partial charge is 0.474 e. The summed E-state index contributed by atoms with van der Waals surface area (Å²) in [4.78, 5) is 0. The summed E-state index contributed by atoms with van der Waals surface area (Å²) in [7, 11) is -1.98. The lowest BCUT2D eigenvalue weighted by Crippen LogP contribution is -1.95. The molecule has 0 aromatic heterocycles. The van der Waals surface area contributed by atoms with Gasteiger partial charge in [-0.25, -0.2) is 0 Å². The maximum absolute atomic E-state index is 6.33.